The van der Waals surface area contributed by atoms with E-state index >= 15 is 0 Å². The third-order valence-electron chi connectivity index (χ3n) is 7.50. The van der Waals surface area contributed by atoms with E-state index in [0.29, 0.717) is 28.1 Å². The summed E-state index contributed by atoms with van der Waals surface area (Å²) in [4.78, 5) is 27.1. The molecule has 1 saturated carbocycles. The third kappa shape index (κ3) is 2.59. The Morgan fingerprint density at radius 2 is 1.67 bits per heavy atom. The minimum absolute atomic E-state index is 0.0423. The van der Waals surface area contributed by atoms with E-state index in [9.17, 15) is 14.0 Å². The van der Waals surface area contributed by atoms with Crippen LogP contribution in [0.2, 0.25) is 5.02 Å². The predicted octanol–water partition coefficient (Wildman–Crippen LogP) is 5.52. The van der Waals surface area contributed by atoms with Crippen LogP contribution in [0.3, 0.4) is 0 Å². The minimum Gasteiger partial charge on any atom is -0.368 e. The van der Waals surface area contributed by atoms with Gasteiger partial charge in [-0.05, 0) is 74.1 Å². The molecule has 0 N–H and O–H groups in total. The SMILES string of the molecule is CCc1ccc(-c2ccc(Cl)cc2F)cc1C1C(=O)[C@@H]2[C@H](C1=O)[C@@]1(C)CC[C@]2(C)O1. The van der Waals surface area contributed by atoms with Gasteiger partial charge in [-0.25, -0.2) is 4.39 Å². The Kier molecular flexibility index (Phi) is 4.30. The highest BCUT2D eigenvalue weighted by Crippen LogP contribution is 2.62. The maximum Gasteiger partial charge on any atom is 0.154 e. The summed E-state index contributed by atoms with van der Waals surface area (Å²) in [5.74, 6) is -2.10. The van der Waals surface area contributed by atoms with Crippen molar-refractivity contribution in [3.05, 3.63) is 58.4 Å². The summed E-state index contributed by atoms with van der Waals surface area (Å²) >= 11 is 5.90. The first-order valence-electron chi connectivity index (χ1n) is 10.5. The minimum atomic E-state index is -0.800. The van der Waals surface area contributed by atoms with E-state index in [1.54, 1.807) is 12.1 Å². The zero-order valence-corrected chi connectivity index (χ0v) is 18.1. The number of rotatable bonds is 3. The van der Waals surface area contributed by atoms with Crippen molar-refractivity contribution in [2.24, 2.45) is 11.8 Å². The van der Waals surface area contributed by atoms with Crippen molar-refractivity contribution < 1.29 is 18.7 Å². The van der Waals surface area contributed by atoms with Gasteiger partial charge in [0, 0.05) is 10.6 Å². The molecule has 0 spiro atoms. The van der Waals surface area contributed by atoms with E-state index in [2.05, 4.69) is 0 Å². The van der Waals surface area contributed by atoms with E-state index in [1.807, 2.05) is 39.0 Å². The quantitative estimate of drug-likeness (QED) is 0.607. The largest absolute Gasteiger partial charge is 0.368 e. The first-order chi connectivity index (χ1) is 14.2. The first-order valence-corrected chi connectivity index (χ1v) is 10.9. The lowest BCUT2D eigenvalue weighted by atomic mass is 9.69. The fourth-order valence-corrected chi connectivity index (χ4v) is 6.25. The summed E-state index contributed by atoms with van der Waals surface area (Å²) in [6.45, 7) is 5.94. The fraction of sp³-hybridized carbons (Fsp3) is 0.440. The second kappa shape index (κ2) is 6.48. The van der Waals surface area contributed by atoms with Crippen molar-refractivity contribution in [2.75, 3.05) is 0 Å². The zero-order valence-electron chi connectivity index (χ0n) is 17.3. The Hall–Kier alpha value is -2.04. The molecule has 3 aliphatic rings. The van der Waals surface area contributed by atoms with Crippen molar-refractivity contribution in [3.63, 3.8) is 0 Å². The zero-order chi connectivity index (χ0) is 21.4. The van der Waals surface area contributed by atoms with Crippen LogP contribution in [0.4, 0.5) is 4.39 Å². The number of carbonyl (C=O) groups excluding carboxylic acids is 2. The molecule has 3 nitrogen and oxygen atoms in total. The number of benzene rings is 2. The number of fused-ring (bicyclic) bond motifs is 5. The monoisotopic (exact) mass is 426 g/mol. The van der Waals surface area contributed by atoms with E-state index in [1.165, 1.54) is 6.07 Å². The maximum absolute atomic E-state index is 14.5. The summed E-state index contributed by atoms with van der Waals surface area (Å²) in [6.07, 6.45) is 2.29. The number of aryl methyl sites for hydroxylation is 1. The predicted molar refractivity (Wildman–Crippen MR) is 113 cm³/mol. The Balaban J connectivity index is 1.62. The molecule has 0 amide bonds. The van der Waals surface area contributed by atoms with Gasteiger partial charge in [-0.1, -0.05) is 30.7 Å². The van der Waals surface area contributed by atoms with Gasteiger partial charge in [0.15, 0.2) is 11.6 Å². The molecule has 2 bridgehead atoms. The smallest absolute Gasteiger partial charge is 0.154 e. The molecule has 0 radical (unpaired) electrons. The molecule has 5 heteroatoms. The van der Waals surface area contributed by atoms with Crippen LogP contribution < -0.4 is 0 Å². The Morgan fingerprint density at radius 3 is 2.23 bits per heavy atom. The number of halogens is 2. The van der Waals surface area contributed by atoms with Crippen LogP contribution in [0.15, 0.2) is 36.4 Å². The lowest BCUT2D eigenvalue weighted by Gasteiger charge is -2.28. The van der Waals surface area contributed by atoms with Gasteiger partial charge in [0.25, 0.3) is 0 Å². The molecule has 30 heavy (non-hydrogen) atoms. The molecule has 2 aromatic rings. The average molecular weight is 427 g/mol. The second-order valence-corrected chi connectivity index (χ2v) is 9.75. The highest BCUT2D eigenvalue weighted by atomic mass is 35.5. The van der Waals surface area contributed by atoms with Crippen LogP contribution in [0, 0.1) is 17.7 Å². The molecule has 2 aliphatic heterocycles. The summed E-state index contributed by atoms with van der Waals surface area (Å²) in [5, 5.41) is 0.326. The Bertz CT molecular complexity index is 1060. The van der Waals surface area contributed by atoms with Crippen molar-refractivity contribution in [3.8, 4) is 11.1 Å². The summed E-state index contributed by atoms with van der Waals surface area (Å²) in [6, 6.07) is 10.1. The van der Waals surface area contributed by atoms with Crippen LogP contribution in [-0.2, 0) is 20.7 Å². The van der Waals surface area contributed by atoms with Crippen molar-refractivity contribution in [1.82, 2.24) is 0 Å². The standard InChI is InChI=1S/C25H24ClFO3/c1-4-13-5-6-14(16-8-7-15(26)12-18(16)27)11-17(13)19-22(28)20-21(23(19)29)25(3)10-9-24(20,2)30-25/h5-8,11-12,19-21H,4,9-10H2,1-3H3/t19?,20-,21+,24-,25+. The maximum atomic E-state index is 14.5. The number of hydrogen-bond acceptors (Lipinski definition) is 3. The van der Waals surface area contributed by atoms with Gasteiger partial charge in [0.1, 0.15) is 11.7 Å². The molecular weight excluding hydrogens is 403 g/mol. The van der Waals surface area contributed by atoms with Crippen LogP contribution >= 0.6 is 11.6 Å². The Labute approximate surface area is 180 Å². The summed E-state index contributed by atoms with van der Waals surface area (Å²) < 4.78 is 20.8. The van der Waals surface area contributed by atoms with Crippen LogP contribution in [0.25, 0.3) is 11.1 Å². The molecular formula is C25H24ClFO3. The van der Waals surface area contributed by atoms with Gasteiger partial charge < -0.3 is 4.74 Å². The number of ether oxygens (including phenoxy) is 1. The molecule has 5 atom stereocenters. The van der Waals surface area contributed by atoms with Crippen molar-refractivity contribution in [1.29, 1.82) is 0 Å². The highest BCUT2D eigenvalue weighted by molar-refractivity contribution is 6.30. The lowest BCUT2D eigenvalue weighted by molar-refractivity contribution is -0.132. The molecule has 1 unspecified atom stereocenters. The van der Waals surface area contributed by atoms with E-state index in [0.717, 1.165) is 18.4 Å². The van der Waals surface area contributed by atoms with E-state index in [4.69, 9.17) is 16.3 Å². The number of hydrogen-bond donors (Lipinski definition) is 0. The van der Waals surface area contributed by atoms with Crippen LogP contribution in [0.1, 0.15) is 50.7 Å². The molecule has 2 saturated heterocycles. The molecule has 156 valence electrons. The van der Waals surface area contributed by atoms with E-state index in [-0.39, 0.29) is 11.6 Å². The topological polar surface area (TPSA) is 43.4 Å². The molecule has 0 aromatic heterocycles. The average Bonchev–Trinajstić information content (AvgIpc) is 3.25. The van der Waals surface area contributed by atoms with Gasteiger partial charge in [-0.15, -0.1) is 0 Å². The molecule has 1 aliphatic carbocycles. The first kappa shape index (κ1) is 19.9. The van der Waals surface area contributed by atoms with Gasteiger partial charge in [-0.2, -0.15) is 0 Å². The van der Waals surface area contributed by atoms with Gasteiger partial charge in [0.2, 0.25) is 0 Å². The van der Waals surface area contributed by atoms with E-state index < -0.39 is 34.8 Å². The fourth-order valence-electron chi connectivity index (χ4n) is 6.09. The molecule has 2 heterocycles. The van der Waals surface area contributed by atoms with Gasteiger partial charge >= 0.3 is 0 Å². The highest BCUT2D eigenvalue weighted by Gasteiger charge is 2.72. The second-order valence-electron chi connectivity index (χ2n) is 9.31. The molecule has 3 fully saturated rings. The van der Waals surface area contributed by atoms with Crippen LogP contribution in [-0.4, -0.2) is 22.8 Å². The molecule has 5 rings (SSSR count). The van der Waals surface area contributed by atoms with Crippen LogP contribution in [0.5, 0.6) is 0 Å². The molecule has 2 aromatic carbocycles. The number of carbonyl (C=O) groups is 2. The normalized spacial score (nSPS) is 34.6. The summed E-state index contributed by atoms with van der Waals surface area (Å²) in [5.41, 5.74) is 1.58. The third-order valence-corrected chi connectivity index (χ3v) is 7.73. The van der Waals surface area contributed by atoms with Crippen molar-refractivity contribution in [2.45, 2.75) is 57.2 Å². The Morgan fingerprint density at radius 1 is 1.03 bits per heavy atom. The summed E-state index contributed by atoms with van der Waals surface area (Å²) in [7, 11) is 0. The number of ketones is 2. The van der Waals surface area contributed by atoms with Crippen molar-refractivity contribution >= 4 is 23.2 Å². The lowest BCUT2D eigenvalue weighted by Crippen LogP contribution is -2.40. The van der Waals surface area contributed by atoms with Gasteiger partial charge in [0.05, 0.1) is 23.0 Å². The van der Waals surface area contributed by atoms with Gasteiger partial charge in [-0.3, -0.25) is 9.59 Å². The number of Topliss-reactive ketones (excluding diaryl/α,β-unsaturated/α-hetero) is 2.